The van der Waals surface area contributed by atoms with Crippen LogP contribution in [0.4, 0.5) is 0 Å². The molecule has 0 atom stereocenters. The van der Waals surface area contributed by atoms with E-state index in [0.29, 0.717) is 29.4 Å². The Bertz CT molecular complexity index is 851. The number of nitrogens with one attached hydrogen (secondary N) is 1. The van der Waals surface area contributed by atoms with Crippen molar-refractivity contribution in [2.24, 2.45) is 0 Å². The first kappa shape index (κ1) is 12.6. The molecule has 7 heteroatoms. The monoisotopic (exact) mass is 286 g/mol. The summed E-state index contributed by atoms with van der Waals surface area (Å²) in [4.78, 5) is 24.8. The quantitative estimate of drug-likeness (QED) is 0.796. The average Bonchev–Trinajstić information content (AvgIpc) is 3.21. The summed E-state index contributed by atoms with van der Waals surface area (Å²) >= 11 is 0. The Morgan fingerprint density at radius 2 is 2.19 bits per heavy atom. The first-order valence-corrected chi connectivity index (χ1v) is 7.61. The first-order chi connectivity index (χ1) is 10.3. The van der Waals surface area contributed by atoms with E-state index < -0.39 is 0 Å². The van der Waals surface area contributed by atoms with Gasteiger partial charge >= 0.3 is 0 Å². The highest BCUT2D eigenvalue weighted by molar-refractivity contribution is 5.72. The molecular formula is C14H18N6O. The minimum atomic E-state index is -0.0518. The second-order valence-electron chi connectivity index (χ2n) is 5.73. The van der Waals surface area contributed by atoms with Crippen LogP contribution in [0.15, 0.2) is 11.1 Å². The molecule has 21 heavy (non-hydrogen) atoms. The lowest BCUT2D eigenvalue weighted by Gasteiger charge is -2.04. The van der Waals surface area contributed by atoms with Crippen molar-refractivity contribution in [1.82, 2.24) is 29.1 Å². The van der Waals surface area contributed by atoms with Crippen LogP contribution in [-0.2, 0) is 6.54 Å². The van der Waals surface area contributed by atoms with Crippen molar-refractivity contribution in [2.45, 2.75) is 51.5 Å². The van der Waals surface area contributed by atoms with Gasteiger partial charge < -0.3 is 4.98 Å². The molecule has 4 rings (SSSR count). The number of rotatable bonds is 3. The third-order valence-corrected chi connectivity index (χ3v) is 4.32. The maximum atomic E-state index is 12.7. The average molecular weight is 286 g/mol. The van der Waals surface area contributed by atoms with Crippen molar-refractivity contribution in [1.29, 1.82) is 0 Å². The Morgan fingerprint density at radius 1 is 1.38 bits per heavy atom. The van der Waals surface area contributed by atoms with E-state index in [2.05, 4.69) is 20.1 Å². The van der Waals surface area contributed by atoms with Gasteiger partial charge in [-0.25, -0.2) is 4.98 Å². The van der Waals surface area contributed by atoms with E-state index in [1.807, 2.05) is 6.92 Å². The molecule has 0 amide bonds. The van der Waals surface area contributed by atoms with Crippen LogP contribution in [0.2, 0.25) is 0 Å². The summed E-state index contributed by atoms with van der Waals surface area (Å²) in [6.45, 7) is 2.68. The van der Waals surface area contributed by atoms with Gasteiger partial charge in [0, 0.05) is 12.5 Å². The molecule has 7 nitrogen and oxygen atoms in total. The van der Waals surface area contributed by atoms with Crippen LogP contribution < -0.4 is 5.56 Å². The fraction of sp³-hybridized carbons (Fsp3) is 0.571. The zero-order valence-electron chi connectivity index (χ0n) is 12.0. The first-order valence-electron chi connectivity index (χ1n) is 7.61. The second kappa shape index (κ2) is 4.68. The summed E-state index contributed by atoms with van der Waals surface area (Å²) < 4.78 is 3.34. The van der Waals surface area contributed by atoms with E-state index >= 15 is 0 Å². The molecule has 1 aliphatic carbocycles. The second-order valence-corrected chi connectivity index (χ2v) is 5.73. The van der Waals surface area contributed by atoms with Gasteiger partial charge in [-0.2, -0.15) is 14.6 Å². The summed E-state index contributed by atoms with van der Waals surface area (Å²) in [7, 11) is 0. The Labute approximate surface area is 121 Å². The molecule has 0 spiro atoms. The van der Waals surface area contributed by atoms with Gasteiger partial charge in [-0.3, -0.25) is 9.36 Å². The minimum Gasteiger partial charge on any atom is -0.336 e. The molecular weight excluding hydrogens is 268 g/mol. The fourth-order valence-corrected chi connectivity index (χ4v) is 3.30. The molecule has 1 N–H and O–H groups in total. The highest BCUT2D eigenvalue weighted by Crippen LogP contribution is 2.32. The number of H-pyrrole nitrogens is 1. The smallest absolute Gasteiger partial charge is 0.281 e. The lowest BCUT2D eigenvalue weighted by Crippen LogP contribution is -2.23. The number of hydrogen-bond acceptors (Lipinski definition) is 4. The molecule has 0 aliphatic heterocycles. The van der Waals surface area contributed by atoms with E-state index in [0.717, 1.165) is 25.1 Å². The number of aryl methyl sites for hydroxylation is 1. The van der Waals surface area contributed by atoms with E-state index in [1.54, 1.807) is 9.08 Å². The maximum Gasteiger partial charge on any atom is 0.281 e. The molecule has 0 bridgehead atoms. The van der Waals surface area contributed by atoms with Crippen molar-refractivity contribution in [2.75, 3.05) is 0 Å². The fourth-order valence-electron chi connectivity index (χ4n) is 3.30. The molecule has 3 aromatic heterocycles. The van der Waals surface area contributed by atoms with Crippen LogP contribution in [0.1, 0.15) is 50.8 Å². The summed E-state index contributed by atoms with van der Waals surface area (Å²) in [5.41, 5.74) is 1.09. The van der Waals surface area contributed by atoms with Crippen molar-refractivity contribution in [3.8, 4) is 0 Å². The zero-order valence-corrected chi connectivity index (χ0v) is 12.0. The maximum absolute atomic E-state index is 12.7. The SMILES string of the molecule is CCCn1c(=O)c2[nH]c(C3CCCC3)nc2n2ncnc12. The third-order valence-electron chi connectivity index (χ3n) is 4.32. The van der Waals surface area contributed by atoms with Crippen LogP contribution in [0.5, 0.6) is 0 Å². The molecule has 0 saturated heterocycles. The van der Waals surface area contributed by atoms with Crippen molar-refractivity contribution >= 4 is 16.9 Å². The zero-order chi connectivity index (χ0) is 14.4. The number of nitrogens with zero attached hydrogens (tertiary/aromatic N) is 5. The van der Waals surface area contributed by atoms with E-state index in [4.69, 9.17) is 0 Å². The molecule has 0 unspecified atom stereocenters. The number of fused-ring (bicyclic) bond motifs is 3. The van der Waals surface area contributed by atoms with E-state index in [1.165, 1.54) is 19.2 Å². The van der Waals surface area contributed by atoms with Gasteiger partial charge in [0.25, 0.3) is 5.56 Å². The lowest BCUT2D eigenvalue weighted by molar-refractivity contribution is 0.659. The van der Waals surface area contributed by atoms with Crippen molar-refractivity contribution in [3.63, 3.8) is 0 Å². The number of hydrogen-bond donors (Lipinski definition) is 1. The summed E-state index contributed by atoms with van der Waals surface area (Å²) in [6, 6.07) is 0. The highest BCUT2D eigenvalue weighted by Gasteiger charge is 2.23. The van der Waals surface area contributed by atoms with Gasteiger partial charge in [0.15, 0.2) is 11.2 Å². The molecule has 1 fully saturated rings. The number of aromatic amines is 1. The van der Waals surface area contributed by atoms with E-state index in [9.17, 15) is 4.79 Å². The Kier molecular flexibility index (Phi) is 2.80. The van der Waals surface area contributed by atoms with Gasteiger partial charge in [0.05, 0.1) is 0 Å². The Hall–Kier alpha value is -2.18. The lowest BCUT2D eigenvalue weighted by atomic mass is 10.1. The number of imidazole rings is 1. The number of aromatic nitrogens is 6. The van der Waals surface area contributed by atoms with Crippen molar-refractivity contribution < 1.29 is 0 Å². The van der Waals surface area contributed by atoms with Gasteiger partial charge in [-0.1, -0.05) is 19.8 Å². The van der Waals surface area contributed by atoms with E-state index in [-0.39, 0.29) is 5.56 Å². The molecule has 0 aromatic carbocycles. The summed E-state index contributed by atoms with van der Waals surface area (Å²) in [5.74, 6) is 1.93. The molecule has 110 valence electrons. The van der Waals surface area contributed by atoms with Crippen LogP contribution in [-0.4, -0.2) is 29.1 Å². The minimum absolute atomic E-state index is 0.0518. The largest absolute Gasteiger partial charge is 0.336 e. The molecule has 0 radical (unpaired) electrons. The normalized spacial score (nSPS) is 16.4. The van der Waals surface area contributed by atoms with Crippen LogP contribution in [0.3, 0.4) is 0 Å². The predicted octanol–water partition coefficient (Wildman–Crippen LogP) is 1.83. The predicted molar refractivity (Wildman–Crippen MR) is 78.4 cm³/mol. The molecule has 1 aliphatic rings. The van der Waals surface area contributed by atoms with Crippen LogP contribution >= 0.6 is 0 Å². The third kappa shape index (κ3) is 1.80. The standard InChI is InChI=1S/C14H18N6O/c1-2-7-19-13(21)10-12(20-14(19)15-8-16-20)18-11(17-10)9-5-3-4-6-9/h8-9H,2-7H2,1H3,(H,17,18). The van der Waals surface area contributed by atoms with Crippen LogP contribution in [0.25, 0.3) is 16.9 Å². The van der Waals surface area contributed by atoms with Gasteiger partial charge in [-0.15, -0.1) is 0 Å². The van der Waals surface area contributed by atoms with Gasteiger partial charge in [0.1, 0.15) is 12.2 Å². The van der Waals surface area contributed by atoms with Gasteiger partial charge in [-0.05, 0) is 19.3 Å². The Balaban J connectivity index is 2.01. The van der Waals surface area contributed by atoms with Crippen molar-refractivity contribution in [3.05, 3.63) is 22.5 Å². The molecule has 3 aromatic rings. The summed E-state index contributed by atoms with van der Waals surface area (Å²) in [6.07, 6.45) is 7.11. The molecule has 1 saturated carbocycles. The van der Waals surface area contributed by atoms with Gasteiger partial charge in [0.2, 0.25) is 5.78 Å². The van der Waals surface area contributed by atoms with Crippen LogP contribution in [0, 0.1) is 0 Å². The topological polar surface area (TPSA) is 80.9 Å². The molecule has 3 heterocycles. The highest BCUT2D eigenvalue weighted by atomic mass is 16.1. The Morgan fingerprint density at radius 3 is 2.95 bits per heavy atom. The summed E-state index contributed by atoms with van der Waals surface area (Å²) in [5, 5.41) is 4.23.